The minimum absolute atomic E-state index is 0.433. The minimum atomic E-state index is -3.02. The third-order valence-corrected chi connectivity index (χ3v) is 4.29. The molecule has 92 valence electrons. The highest BCUT2D eigenvalue weighted by atomic mass is 31.2. The van der Waals surface area contributed by atoms with Crippen molar-refractivity contribution in [1.29, 1.82) is 0 Å². The Balaban J connectivity index is 2.40. The zero-order chi connectivity index (χ0) is 11.9. The minimum Gasteiger partial charge on any atom is -0.309 e. The van der Waals surface area contributed by atoms with Crippen molar-refractivity contribution < 1.29 is 13.6 Å². The number of hydrogen-bond donors (Lipinski definition) is 0. The highest BCUT2D eigenvalue weighted by Gasteiger charge is 2.15. The molecule has 1 aliphatic carbocycles. The normalized spacial score (nSPS) is 19.9. The predicted molar refractivity (Wildman–Crippen MR) is 66.1 cm³/mol. The molecule has 1 fully saturated rings. The molecule has 0 saturated heterocycles. The van der Waals surface area contributed by atoms with Crippen molar-refractivity contribution in [3.63, 3.8) is 0 Å². The molecule has 0 amide bonds. The quantitative estimate of drug-likeness (QED) is 0.551. The van der Waals surface area contributed by atoms with Gasteiger partial charge in [-0.05, 0) is 18.9 Å². The van der Waals surface area contributed by atoms with Crippen molar-refractivity contribution in [2.24, 2.45) is 4.99 Å². The van der Waals surface area contributed by atoms with Gasteiger partial charge in [-0.15, -0.1) is 0 Å². The average molecular weight is 245 g/mol. The Labute approximate surface area is 97.3 Å². The van der Waals surface area contributed by atoms with Crippen molar-refractivity contribution in [1.82, 2.24) is 0 Å². The Hall–Kier alpha value is -0.440. The summed E-state index contributed by atoms with van der Waals surface area (Å²) in [5.74, 6) is 1.43. The number of hydrogen-bond acceptors (Lipinski definition) is 4. The van der Waals surface area contributed by atoms with E-state index in [0.717, 1.165) is 12.8 Å². The lowest BCUT2D eigenvalue weighted by molar-refractivity contribution is 0.286. The van der Waals surface area contributed by atoms with Gasteiger partial charge in [-0.2, -0.15) is 0 Å². The van der Waals surface area contributed by atoms with E-state index in [9.17, 15) is 4.57 Å². The third-order valence-electron chi connectivity index (χ3n) is 2.74. The molecular weight excluding hydrogens is 225 g/mol. The van der Waals surface area contributed by atoms with Gasteiger partial charge in [0, 0.05) is 32.3 Å². The van der Waals surface area contributed by atoms with Gasteiger partial charge in [0.05, 0.1) is 0 Å². The van der Waals surface area contributed by atoms with Crippen LogP contribution in [0.2, 0.25) is 0 Å². The van der Waals surface area contributed by atoms with Gasteiger partial charge < -0.3 is 9.05 Å². The van der Waals surface area contributed by atoms with Gasteiger partial charge in [0.15, 0.2) is 0 Å². The first-order chi connectivity index (χ1) is 7.70. The van der Waals surface area contributed by atoms with Crippen LogP contribution in [0, 0.1) is 0 Å². The molecule has 0 heterocycles. The van der Waals surface area contributed by atoms with Crippen LogP contribution in [0.15, 0.2) is 16.9 Å². The number of rotatable bonds is 5. The SMILES string of the molecule is COP(=O)(/C=C/C=NC1CCCCC1)OC. The number of aliphatic imine (C=N–C) groups is 1. The molecule has 1 saturated carbocycles. The molecule has 1 rings (SSSR count). The molecule has 4 nitrogen and oxygen atoms in total. The largest absolute Gasteiger partial charge is 0.353 e. The van der Waals surface area contributed by atoms with Crippen molar-refractivity contribution in [2.45, 2.75) is 38.1 Å². The summed E-state index contributed by atoms with van der Waals surface area (Å²) < 4.78 is 21.1. The Morgan fingerprint density at radius 2 is 1.81 bits per heavy atom. The number of nitrogens with zero attached hydrogens (tertiary/aromatic N) is 1. The van der Waals surface area contributed by atoms with Crippen LogP contribution < -0.4 is 0 Å². The van der Waals surface area contributed by atoms with Crippen molar-refractivity contribution >= 4 is 13.8 Å². The lowest BCUT2D eigenvalue weighted by Gasteiger charge is -2.16. The number of allylic oxidation sites excluding steroid dienone is 1. The van der Waals surface area contributed by atoms with Crippen LogP contribution in [-0.4, -0.2) is 26.5 Å². The summed E-state index contributed by atoms with van der Waals surface area (Å²) in [6.07, 6.45) is 9.52. The van der Waals surface area contributed by atoms with E-state index < -0.39 is 7.60 Å². The highest BCUT2D eigenvalue weighted by molar-refractivity contribution is 7.57. The van der Waals surface area contributed by atoms with Crippen LogP contribution in [0.5, 0.6) is 0 Å². The Morgan fingerprint density at radius 3 is 2.38 bits per heavy atom. The molecule has 0 aromatic carbocycles. The summed E-state index contributed by atoms with van der Waals surface area (Å²) in [5.41, 5.74) is 0. The summed E-state index contributed by atoms with van der Waals surface area (Å²) in [6.45, 7) is 0. The van der Waals surface area contributed by atoms with Crippen molar-refractivity contribution in [2.75, 3.05) is 14.2 Å². The van der Waals surface area contributed by atoms with E-state index in [1.54, 1.807) is 12.3 Å². The van der Waals surface area contributed by atoms with E-state index in [1.807, 2.05) is 0 Å². The maximum Gasteiger partial charge on any atom is 0.353 e. The topological polar surface area (TPSA) is 47.9 Å². The molecule has 0 aliphatic heterocycles. The maximum absolute atomic E-state index is 11.6. The van der Waals surface area contributed by atoms with Crippen molar-refractivity contribution in [3.05, 3.63) is 11.9 Å². The van der Waals surface area contributed by atoms with Gasteiger partial charge in [0.2, 0.25) is 0 Å². The van der Waals surface area contributed by atoms with Crippen LogP contribution >= 0.6 is 7.60 Å². The van der Waals surface area contributed by atoms with Crippen LogP contribution in [0.25, 0.3) is 0 Å². The van der Waals surface area contributed by atoms with E-state index in [4.69, 9.17) is 9.05 Å². The average Bonchev–Trinajstić information content (AvgIpc) is 2.36. The van der Waals surface area contributed by atoms with Gasteiger partial charge in [-0.1, -0.05) is 19.3 Å². The van der Waals surface area contributed by atoms with Gasteiger partial charge in [-0.3, -0.25) is 9.56 Å². The second-order valence-corrected chi connectivity index (χ2v) is 5.94. The lowest BCUT2D eigenvalue weighted by Crippen LogP contribution is -2.09. The highest BCUT2D eigenvalue weighted by Crippen LogP contribution is 2.47. The molecule has 0 N–H and O–H groups in total. The van der Waals surface area contributed by atoms with E-state index in [0.29, 0.717) is 6.04 Å². The van der Waals surface area contributed by atoms with Crippen LogP contribution in [-0.2, 0) is 13.6 Å². The lowest BCUT2D eigenvalue weighted by atomic mass is 9.96. The third kappa shape index (κ3) is 4.60. The van der Waals surface area contributed by atoms with E-state index in [-0.39, 0.29) is 0 Å². The fourth-order valence-corrected chi connectivity index (χ4v) is 2.42. The zero-order valence-electron chi connectivity index (χ0n) is 9.96. The molecule has 16 heavy (non-hydrogen) atoms. The maximum atomic E-state index is 11.6. The fourth-order valence-electron chi connectivity index (χ4n) is 1.74. The summed E-state index contributed by atoms with van der Waals surface area (Å²) in [5, 5.41) is 0. The fraction of sp³-hybridized carbons (Fsp3) is 0.727. The summed E-state index contributed by atoms with van der Waals surface area (Å²) >= 11 is 0. The Bertz CT molecular complexity index is 288. The zero-order valence-corrected chi connectivity index (χ0v) is 10.9. The van der Waals surface area contributed by atoms with E-state index in [2.05, 4.69) is 4.99 Å². The molecule has 0 aromatic rings. The van der Waals surface area contributed by atoms with Gasteiger partial charge in [-0.25, -0.2) is 0 Å². The molecule has 0 atom stereocenters. The van der Waals surface area contributed by atoms with E-state index in [1.165, 1.54) is 39.3 Å². The molecule has 0 radical (unpaired) electrons. The van der Waals surface area contributed by atoms with Crippen molar-refractivity contribution in [3.8, 4) is 0 Å². The van der Waals surface area contributed by atoms with Crippen LogP contribution in [0.3, 0.4) is 0 Å². The summed E-state index contributed by atoms with van der Waals surface area (Å²) in [7, 11) is -0.287. The molecule has 5 heteroatoms. The second-order valence-electron chi connectivity index (χ2n) is 3.84. The first kappa shape index (κ1) is 13.6. The van der Waals surface area contributed by atoms with Gasteiger partial charge in [0.1, 0.15) is 0 Å². The Kier molecular flexibility index (Phi) is 5.96. The first-order valence-electron chi connectivity index (χ1n) is 5.62. The molecule has 0 aromatic heterocycles. The molecule has 0 spiro atoms. The van der Waals surface area contributed by atoms with E-state index >= 15 is 0 Å². The smallest absolute Gasteiger partial charge is 0.309 e. The second kappa shape index (κ2) is 7.00. The van der Waals surface area contributed by atoms with Gasteiger partial charge in [0.25, 0.3) is 0 Å². The Morgan fingerprint density at radius 1 is 1.19 bits per heavy atom. The molecule has 0 bridgehead atoms. The predicted octanol–water partition coefficient (Wildman–Crippen LogP) is 3.39. The van der Waals surface area contributed by atoms with Crippen LogP contribution in [0.4, 0.5) is 0 Å². The summed E-state index contributed by atoms with van der Waals surface area (Å²) in [4.78, 5) is 4.41. The monoisotopic (exact) mass is 245 g/mol. The molecular formula is C11H20NO3P. The van der Waals surface area contributed by atoms with Crippen LogP contribution in [0.1, 0.15) is 32.1 Å². The van der Waals surface area contributed by atoms with Gasteiger partial charge >= 0.3 is 7.60 Å². The summed E-state index contributed by atoms with van der Waals surface area (Å²) in [6, 6.07) is 0.433. The first-order valence-corrected chi connectivity index (χ1v) is 7.23. The molecule has 0 unspecified atom stereocenters. The standard InChI is InChI=1S/C11H20NO3P/c1-14-16(13,15-2)10-6-9-12-11-7-4-3-5-8-11/h6,9-11H,3-5,7-8H2,1-2H3/b10-6+,12-9?. The molecule has 1 aliphatic rings.